The van der Waals surface area contributed by atoms with E-state index in [2.05, 4.69) is 26.1 Å². The van der Waals surface area contributed by atoms with Crippen LogP contribution in [0, 0.1) is 5.92 Å². The second kappa shape index (κ2) is 5.86. The van der Waals surface area contributed by atoms with E-state index >= 15 is 0 Å². The van der Waals surface area contributed by atoms with Gasteiger partial charge in [0.2, 0.25) is 0 Å². The van der Waals surface area contributed by atoms with Crippen molar-refractivity contribution in [3.05, 3.63) is 0 Å². The highest BCUT2D eigenvalue weighted by Crippen LogP contribution is 2.34. The fourth-order valence-electron chi connectivity index (χ4n) is 2.83. The number of rotatable bonds is 5. The molecular formula is C13H28N2. The zero-order valence-corrected chi connectivity index (χ0v) is 10.7. The summed E-state index contributed by atoms with van der Waals surface area (Å²) in [5.41, 5.74) is 6.24. The highest BCUT2D eigenvalue weighted by molar-refractivity contribution is 4.95. The second-order valence-corrected chi connectivity index (χ2v) is 5.31. The van der Waals surface area contributed by atoms with Crippen molar-refractivity contribution in [2.24, 2.45) is 11.7 Å². The molecule has 0 radical (unpaired) electrons. The van der Waals surface area contributed by atoms with E-state index in [4.69, 9.17) is 5.73 Å². The molecule has 1 aliphatic rings. The summed E-state index contributed by atoms with van der Waals surface area (Å²) >= 11 is 0. The molecule has 0 aliphatic heterocycles. The molecule has 2 heteroatoms. The Hall–Kier alpha value is -0.0800. The van der Waals surface area contributed by atoms with Crippen LogP contribution in [0.3, 0.4) is 0 Å². The average Bonchev–Trinajstić information content (AvgIpc) is 2.29. The van der Waals surface area contributed by atoms with E-state index in [1.807, 2.05) is 0 Å². The first kappa shape index (κ1) is 13.0. The van der Waals surface area contributed by atoms with E-state index in [9.17, 15) is 0 Å². The van der Waals surface area contributed by atoms with Crippen molar-refractivity contribution < 1.29 is 0 Å². The van der Waals surface area contributed by atoms with Crippen LogP contribution in [0.5, 0.6) is 0 Å². The minimum absolute atomic E-state index is 0.244. The largest absolute Gasteiger partial charge is 0.329 e. The third-order valence-corrected chi connectivity index (χ3v) is 4.08. The standard InChI is InChI=1S/C13H28N2/c1-4-11(3)15-13(10-14)8-6-7-12(5-2)9-13/h11-12,15H,4-10,14H2,1-3H3. The van der Waals surface area contributed by atoms with Crippen LogP contribution in [0.25, 0.3) is 0 Å². The summed E-state index contributed by atoms with van der Waals surface area (Å²) in [5.74, 6) is 0.888. The van der Waals surface area contributed by atoms with Crippen LogP contribution in [0.15, 0.2) is 0 Å². The Kier molecular flexibility index (Phi) is 5.07. The summed E-state index contributed by atoms with van der Waals surface area (Å²) in [7, 11) is 0. The molecule has 0 aromatic rings. The van der Waals surface area contributed by atoms with Gasteiger partial charge < -0.3 is 11.1 Å². The van der Waals surface area contributed by atoms with Gasteiger partial charge in [0.1, 0.15) is 0 Å². The summed E-state index contributed by atoms with van der Waals surface area (Å²) in [6.45, 7) is 7.61. The summed E-state index contributed by atoms with van der Waals surface area (Å²) in [5, 5.41) is 3.77. The molecular weight excluding hydrogens is 184 g/mol. The van der Waals surface area contributed by atoms with E-state index < -0.39 is 0 Å². The molecule has 15 heavy (non-hydrogen) atoms. The van der Waals surface area contributed by atoms with Crippen molar-refractivity contribution in [2.45, 2.75) is 70.9 Å². The zero-order chi connectivity index (χ0) is 11.3. The van der Waals surface area contributed by atoms with Gasteiger partial charge in [-0.1, -0.05) is 33.1 Å². The molecule has 3 N–H and O–H groups in total. The van der Waals surface area contributed by atoms with E-state index in [0.717, 1.165) is 12.5 Å². The van der Waals surface area contributed by atoms with Gasteiger partial charge in [0, 0.05) is 18.1 Å². The van der Waals surface area contributed by atoms with E-state index in [0.29, 0.717) is 6.04 Å². The number of nitrogens with two attached hydrogens (primary N) is 1. The maximum atomic E-state index is 6.00. The van der Waals surface area contributed by atoms with Gasteiger partial charge in [-0.05, 0) is 32.1 Å². The molecule has 2 nitrogen and oxygen atoms in total. The van der Waals surface area contributed by atoms with E-state index in [1.54, 1.807) is 0 Å². The van der Waals surface area contributed by atoms with Crippen molar-refractivity contribution in [2.75, 3.05) is 6.54 Å². The molecule has 3 unspecified atom stereocenters. The SMILES string of the molecule is CCC1CCCC(CN)(NC(C)CC)C1. The Morgan fingerprint density at radius 1 is 1.47 bits per heavy atom. The molecule has 90 valence electrons. The normalized spacial score (nSPS) is 34.0. The fraction of sp³-hybridized carbons (Fsp3) is 1.00. The Morgan fingerprint density at radius 3 is 2.73 bits per heavy atom. The molecule has 0 bridgehead atoms. The lowest BCUT2D eigenvalue weighted by molar-refractivity contribution is 0.166. The maximum Gasteiger partial charge on any atom is 0.0308 e. The molecule has 0 aromatic carbocycles. The number of hydrogen-bond donors (Lipinski definition) is 2. The topological polar surface area (TPSA) is 38.0 Å². The lowest BCUT2D eigenvalue weighted by Crippen LogP contribution is -2.56. The lowest BCUT2D eigenvalue weighted by atomic mass is 9.74. The van der Waals surface area contributed by atoms with Gasteiger partial charge in [-0.2, -0.15) is 0 Å². The first-order chi connectivity index (χ1) is 7.15. The maximum absolute atomic E-state index is 6.00. The Labute approximate surface area is 95.0 Å². The van der Waals surface area contributed by atoms with Crippen molar-refractivity contribution in [3.63, 3.8) is 0 Å². The van der Waals surface area contributed by atoms with Gasteiger partial charge in [0.05, 0.1) is 0 Å². The fourth-order valence-corrected chi connectivity index (χ4v) is 2.83. The molecule has 0 saturated heterocycles. The zero-order valence-electron chi connectivity index (χ0n) is 10.7. The summed E-state index contributed by atoms with van der Waals surface area (Å²) in [4.78, 5) is 0. The van der Waals surface area contributed by atoms with Gasteiger partial charge in [-0.25, -0.2) is 0 Å². The van der Waals surface area contributed by atoms with Crippen LogP contribution in [0.1, 0.15) is 59.3 Å². The molecule has 0 spiro atoms. The molecule has 1 rings (SSSR count). The van der Waals surface area contributed by atoms with Crippen LogP contribution >= 0.6 is 0 Å². The van der Waals surface area contributed by atoms with Crippen molar-refractivity contribution in [1.82, 2.24) is 5.32 Å². The van der Waals surface area contributed by atoms with Crippen LogP contribution in [0.2, 0.25) is 0 Å². The Morgan fingerprint density at radius 2 is 2.20 bits per heavy atom. The summed E-state index contributed by atoms with van der Waals surface area (Å²) < 4.78 is 0. The number of hydrogen-bond acceptors (Lipinski definition) is 2. The molecule has 0 aromatic heterocycles. The second-order valence-electron chi connectivity index (χ2n) is 5.31. The highest BCUT2D eigenvalue weighted by atomic mass is 15.0. The minimum Gasteiger partial charge on any atom is -0.329 e. The van der Waals surface area contributed by atoms with Crippen molar-refractivity contribution in [3.8, 4) is 0 Å². The van der Waals surface area contributed by atoms with Crippen LogP contribution in [-0.4, -0.2) is 18.1 Å². The first-order valence-corrected chi connectivity index (χ1v) is 6.63. The third-order valence-electron chi connectivity index (χ3n) is 4.08. The highest BCUT2D eigenvalue weighted by Gasteiger charge is 2.34. The Bertz CT molecular complexity index is 177. The quantitative estimate of drug-likeness (QED) is 0.735. The first-order valence-electron chi connectivity index (χ1n) is 6.63. The van der Waals surface area contributed by atoms with Crippen molar-refractivity contribution >= 4 is 0 Å². The average molecular weight is 212 g/mol. The predicted molar refractivity (Wildman–Crippen MR) is 66.9 cm³/mol. The Balaban J connectivity index is 2.57. The minimum atomic E-state index is 0.244. The van der Waals surface area contributed by atoms with Gasteiger partial charge in [-0.3, -0.25) is 0 Å². The molecule has 1 fully saturated rings. The smallest absolute Gasteiger partial charge is 0.0308 e. The summed E-state index contributed by atoms with van der Waals surface area (Å²) in [6.07, 6.45) is 7.80. The lowest BCUT2D eigenvalue weighted by Gasteiger charge is -2.42. The van der Waals surface area contributed by atoms with Gasteiger partial charge >= 0.3 is 0 Å². The number of nitrogens with one attached hydrogen (secondary N) is 1. The van der Waals surface area contributed by atoms with Crippen LogP contribution < -0.4 is 11.1 Å². The molecule has 3 atom stereocenters. The third kappa shape index (κ3) is 3.46. The van der Waals surface area contributed by atoms with Crippen LogP contribution in [0.4, 0.5) is 0 Å². The molecule has 1 saturated carbocycles. The van der Waals surface area contributed by atoms with E-state index in [-0.39, 0.29) is 5.54 Å². The van der Waals surface area contributed by atoms with Gasteiger partial charge in [0.25, 0.3) is 0 Å². The molecule has 1 aliphatic carbocycles. The molecule has 0 heterocycles. The predicted octanol–water partition coefficient (Wildman–Crippen LogP) is 2.67. The summed E-state index contributed by atoms with van der Waals surface area (Å²) in [6, 6.07) is 0.601. The van der Waals surface area contributed by atoms with Crippen molar-refractivity contribution in [1.29, 1.82) is 0 Å². The van der Waals surface area contributed by atoms with Gasteiger partial charge in [-0.15, -0.1) is 0 Å². The monoisotopic (exact) mass is 212 g/mol. The van der Waals surface area contributed by atoms with Gasteiger partial charge in [0.15, 0.2) is 0 Å². The van der Waals surface area contributed by atoms with Crippen LogP contribution in [-0.2, 0) is 0 Å². The molecule has 0 amide bonds. The van der Waals surface area contributed by atoms with E-state index in [1.165, 1.54) is 38.5 Å².